The first-order chi connectivity index (χ1) is 15.9. The molecule has 0 bridgehead atoms. The quantitative estimate of drug-likeness (QED) is 0.570. The first-order valence-electron chi connectivity index (χ1n) is 10.3. The van der Waals surface area contributed by atoms with Crippen LogP contribution in [0.3, 0.4) is 0 Å². The van der Waals surface area contributed by atoms with Crippen molar-refractivity contribution in [3.05, 3.63) is 78.5 Å². The molecule has 3 amide bonds. The van der Waals surface area contributed by atoms with E-state index in [1.165, 1.54) is 34.8 Å². The van der Waals surface area contributed by atoms with Crippen LogP contribution in [0.5, 0.6) is 0 Å². The van der Waals surface area contributed by atoms with E-state index in [1.54, 1.807) is 35.5 Å². The maximum absolute atomic E-state index is 13.0. The lowest BCUT2D eigenvalue weighted by Crippen LogP contribution is -2.50. The van der Waals surface area contributed by atoms with Gasteiger partial charge in [-0.15, -0.1) is 0 Å². The molecule has 4 rings (SSSR count). The lowest BCUT2D eigenvalue weighted by molar-refractivity contribution is 0.0666. The highest BCUT2D eigenvalue weighted by molar-refractivity contribution is 7.89. The molecular weight excluding hydrogens is 446 g/mol. The third kappa shape index (κ3) is 5.38. The topological polar surface area (TPSA) is 125 Å². The number of aromatic nitrogens is 1. The van der Waals surface area contributed by atoms with Crippen LogP contribution in [0.25, 0.3) is 0 Å². The second kappa shape index (κ2) is 9.84. The molecule has 10 nitrogen and oxygen atoms in total. The second-order valence-electron chi connectivity index (χ2n) is 7.37. The van der Waals surface area contributed by atoms with Gasteiger partial charge in [-0.3, -0.25) is 9.78 Å². The van der Waals surface area contributed by atoms with Crippen LogP contribution in [0, 0.1) is 0 Å². The Labute approximate surface area is 191 Å². The molecule has 3 aromatic rings. The Bertz CT molecular complexity index is 1190. The Morgan fingerprint density at radius 1 is 1.00 bits per heavy atom. The van der Waals surface area contributed by atoms with Crippen LogP contribution in [0.1, 0.15) is 16.1 Å². The summed E-state index contributed by atoms with van der Waals surface area (Å²) in [6, 6.07) is 12.4. The van der Waals surface area contributed by atoms with E-state index in [2.05, 4.69) is 15.6 Å². The molecular formula is C22H23N5O5S. The number of sulfonamides is 1. The molecule has 1 aliphatic rings. The molecule has 1 saturated heterocycles. The molecule has 0 saturated carbocycles. The van der Waals surface area contributed by atoms with E-state index in [0.29, 0.717) is 12.2 Å². The fourth-order valence-corrected chi connectivity index (χ4v) is 4.83. The Morgan fingerprint density at radius 3 is 2.39 bits per heavy atom. The van der Waals surface area contributed by atoms with E-state index >= 15 is 0 Å². The number of anilines is 1. The first-order valence-corrected chi connectivity index (χ1v) is 11.7. The molecule has 0 unspecified atom stereocenters. The van der Waals surface area contributed by atoms with Gasteiger partial charge in [0.1, 0.15) is 0 Å². The molecule has 2 N–H and O–H groups in total. The smallest absolute Gasteiger partial charge is 0.319 e. The number of nitrogens with one attached hydrogen (secondary N) is 2. The van der Waals surface area contributed by atoms with Crippen LogP contribution in [0.15, 0.2) is 76.5 Å². The van der Waals surface area contributed by atoms with Crippen molar-refractivity contribution in [3.8, 4) is 0 Å². The average molecular weight is 470 g/mol. The molecule has 11 heteroatoms. The van der Waals surface area contributed by atoms with Crippen LogP contribution in [-0.2, 0) is 16.6 Å². The van der Waals surface area contributed by atoms with Gasteiger partial charge in [-0.25, -0.2) is 13.2 Å². The molecule has 2 aromatic heterocycles. The Morgan fingerprint density at radius 2 is 1.76 bits per heavy atom. The van der Waals surface area contributed by atoms with E-state index in [9.17, 15) is 18.0 Å². The summed E-state index contributed by atoms with van der Waals surface area (Å²) in [6.07, 6.45) is 4.74. The van der Waals surface area contributed by atoms with Crippen molar-refractivity contribution in [1.82, 2.24) is 19.5 Å². The fraction of sp³-hybridized carbons (Fsp3) is 0.227. The zero-order valence-electron chi connectivity index (χ0n) is 17.7. The number of hydrogen-bond donors (Lipinski definition) is 2. The number of amides is 3. The summed E-state index contributed by atoms with van der Waals surface area (Å²) in [5.74, 6) is -0.0202. The highest BCUT2D eigenvalue weighted by Gasteiger charge is 2.31. The number of hydrogen-bond acceptors (Lipinski definition) is 6. The molecule has 0 spiro atoms. The third-order valence-electron chi connectivity index (χ3n) is 5.18. The number of carbonyl (C=O) groups excluding carboxylic acids is 2. The van der Waals surface area contributed by atoms with Gasteiger partial charge in [0.15, 0.2) is 5.76 Å². The largest absolute Gasteiger partial charge is 0.459 e. The van der Waals surface area contributed by atoms with E-state index in [-0.39, 0.29) is 42.7 Å². The normalized spacial score (nSPS) is 14.6. The van der Waals surface area contributed by atoms with Crippen molar-refractivity contribution in [2.24, 2.45) is 0 Å². The highest BCUT2D eigenvalue weighted by atomic mass is 32.2. The lowest BCUT2D eigenvalue weighted by Gasteiger charge is -2.33. The molecule has 1 fully saturated rings. The number of furan rings is 1. The summed E-state index contributed by atoms with van der Waals surface area (Å²) in [5, 5.41) is 5.38. The predicted octanol–water partition coefficient (Wildman–Crippen LogP) is 2.14. The maximum atomic E-state index is 13.0. The number of carbonyl (C=O) groups is 2. The molecule has 0 atom stereocenters. The van der Waals surface area contributed by atoms with Gasteiger partial charge >= 0.3 is 6.03 Å². The van der Waals surface area contributed by atoms with Gasteiger partial charge in [-0.1, -0.05) is 6.07 Å². The van der Waals surface area contributed by atoms with Crippen molar-refractivity contribution in [1.29, 1.82) is 0 Å². The predicted molar refractivity (Wildman–Crippen MR) is 120 cm³/mol. The number of urea groups is 1. The molecule has 0 aliphatic carbocycles. The van der Waals surface area contributed by atoms with Crippen molar-refractivity contribution in [2.75, 3.05) is 31.5 Å². The monoisotopic (exact) mass is 469 g/mol. The van der Waals surface area contributed by atoms with E-state index in [4.69, 9.17) is 4.42 Å². The van der Waals surface area contributed by atoms with E-state index in [0.717, 1.165) is 5.56 Å². The van der Waals surface area contributed by atoms with Gasteiger partial charge in [0.05, 0.1) is 11.2 Å². The van der Waals surface area contributed by atoms with Gasteiger partial charge in [0.25, 0.3) is 5.91 Å². The van der Waals surface area contributed by atoms with Crippen molar-refractivity contribution in [2.45, 2.75) is 11.4 Å². The minimum Gasteiger partial charge on any atom is -0.459 e. The Balaban J connectivity index is 1.31. The van der Waals surface area contributed by atoms with E-state index < -0.39 is 16.1 Å². The van der Waals surface area contributed by atoms with Crippen LogP contribution >= 0.6 is 0 Å². The van der Waals surface area contributed by atoms with Crippen LogP contribution in [0.4, 0.5) is 10.5 Å². The summed E-state index contributed by atoms with van der Waals surface area (Å²) in [4.78, 5) is 30.1. The molecule has 0 radical (unpaired) electrons. The van der Waals surface area contributed by atoms with Gasteiger partial charge in [-0.05, 0) is 48.0 Å². The number of nitrogens with zero attached hydrogens (tertiary/aromatic N) is 3. The zero-order valence-corrected chi connectivity index (χ0v) is 18.5. The number of benzene rings is 1. The summed E-state index contributed by atoms with van der Waals surface area (Å²) in [7, 11) is -3.72. The minimum atomic E-state index is -3.72. The molecule has 33 heavy (non-hydrogen) atoms. The summed E-state index contributed by atoms with van der Waals surface area (Å²) in [5.41, 5.74) is 1.33. The van der Waals surface area contributed by atoms with Crippen molar-refractivity contribution < 1.29 is 22.4 Å². The summed E-state index contributed by atoms with van der Waals surface area (Å²) in [6.45, 7) is 1.24. The minimum absolute atomic E-state index is 0.120. The summed E-state index contributed by atoms with van der Waals surface area (Å²) >= 11 is 0. The summed E-state index contributed by atoms with van der Waals surface area (Å²) < 4.78 is 32.4. The molecule has 1 aliphatic heterocycles. The Hall–Kier alpha value is -3.70. The second-order valence-corrected chi connectivity index (χ2v) is 9.30. The molecule has 3 heterocycles. The number of rotatable bonds is 6. The van der Waals surface area contributed by atoms with Gasteiger partial charge < -0.3 is 20.0 Å². The van der Waals surface area contributed by atoms with Crippen molar-refractivity contribution >= 4 is 27.6 Å². The van der Waals surface area contributed by atoms with Gasteiger partial charge in [0, 0.05) is 50.8 Å². The fourth-order valence-electron chi connectivity index (χ4n) is 3.41. The molecule has 172 valence electrons. The standard InChI is InChI=1S/C22H23N5O5S/c28-21(20-4-2-14-32-20)26-10-12-27(13-11-26)33(30,31)19-7-5-18(6-8-19)25-22(29)24-16-17-3-1-9-23-15-17/h1-9,14-15H,10-13,16H2,(H2,24,25,29). The highest BCUT2D eigenvalue weighted by Crippen LogP contribution is 2.20. The number of piperazine rings is 1. The van der Waals surface area contributed by atoms with E-state index in [1.807, 2.05) is 6.07 Å². The average Bonchev–Trinajstić information content (AvgIpc) is 3.38. The Kier molecular flexibility index (Phi) is 6.71. The first kappa shape index (κ1) is 22.5. The van der Waals surface area contributed by atoms with Gasteiger partial charge in [-0.2, -0.15) is 4.31 Å². The lowest BCUT2D eigenvalue weighted by atomic mass is 10.3. The SMILES string of the molecule is O=C(NCc1cccnc1)Nc1ccc(S(=O)(=O)N2CCN(C(=O)c3ccco3)CC2)cc1. The zero-order chi connectivity index (χ0) is 23.3. The van der Waals surface area contributed by atoms with Crippen LogP contribution < -0.4 is 10.6 Å². The van der Waals surface area contributed by atoms with Crippen LogP contribution in [-0.4, -0.2) is 60.7 Å². The van der Waals surface area contributed by atoms with Crippen molar-refractivity contribution in [3.63, 3.8) is 0 Å². The van der Waals surface area contributed by atoms with Crippen LogP contribution in [0.2, 0.25) is 0 Å². The maximum Gasteiger partial charge on any atom is 0.319 e. The molecule has 1 aromatic carbocycles. The third-order valence-corrected chi connectivity index (χ3v) is 7.10. The number of pyridine rings is 1. The van der Waals surface area contributed by atoms with Gasteiger partial charge in [0.2, 0.25) is 10.0 Å².